The Hall–Kier alpha value is -2.08. The smallest absolute Gasteiger partial charge is 0.230 e. The molecular weight excluding hydrogens is 290 g/mol. The molecule has 21 heavy (non-hydrogen) atoms. The molecule has 1 heterocycles. The summed E-state index contributed by atoms with van der Waals surface area (Å²) < 4.78 is 5.15. The van der Waals surface area contributed by atoms with Crippen molar-refractivity contribution in [3.05, 3.63) is 35.1 Å². The molecule has 1 aromatic carbocycles. The Morgan fingerprint density at radius 3 is 2.38 bits per heavy atom. The van der Waals surface area contributed by atoms with Crippen LogP contribution >= 0.6 is 11.6 Å². The second-order valence-electron chi connectivity index (χ2n) is 4.76. The van der Waals surface area contributed by atoms with Gasteiger partial charge in [-0.25, -0.2) is 0 Å². The summed E-state index contributed by atoms with van der Waals surface area (Å²) in [7, 11) is 5.34. The zero-order valence-corrected chi connectivity index (χ0v) is 13.2. The molecule has 0 aliphatic rings. The number of methoxy groups -OCH3 is 1. The molecule has 0 amide bonds. The lowest BCUT2D eigenvalue weighted by atomic mass is 10.1. The van der Waals surface area contributed by atoms with E-state index in [1.807, 2.05) is 45.3 Å². The van der Waals surface area contributed by atoms with Crippen molar-refractivity contribution in [3.63, 3.8) is 0 Å². The third-order valence-electron chi connectivity index (χ3n) is 2.96. The normalized spacial score (nSPS) is 11.9. The number of anilines is 2. The first-order chi connectivity index (χ1) is 9.99. The molecule has 112 valence electrons. The van der Waals surface area contributed by atoms with Crippen LogP contribution in [0.25, 0.3) is 0 Å². The lowest BCUT2D eigenvalue weighted by Gasteiger charge is -2.16. The molecule has 0 spiro atoms. The fraction of sp³-hybridized carbons (Fsp3) is 0.357. The van der Waals surface area contributed by atoms with E-state index in [0.717, 1.165) is 11.3 Å². The first kappa shape index (κ1) is 15.3. The van der Waals surface area contributed by atoms with Crippen molar-refractivity contribution in [1.82, 2.24) is 15.0 Å². The van der Waals surface area contributed by atoms with E-state index in [9.17, 15) is 0 Å². The van der Waals surface area contributed by atoms with Crippen LogP contribution in [-0.2, 0) is 0 Å². The SMILES string of the molecule is COc1ccc(C(C)Nc2nc(Cl)nc(N(C)C)n2)cc1. The van der Waals surface area contributed by atoms with Gasteiger partial charge in [0, 0.05) is 14.1 Å². The quantitative estimate of drug-likeness (QED) is 0.916. The van der Waals surface area contributed by atoms with Gasteiger partial charge in [-0.05, 0) is 36.2 Å². The maximum absolute atomic E-state index is 5.92. The molecule has 0 aliphatic carbocycles. The molecule has 0 aliphatic heterocycles. The molecule has 7 heteroatoms. The average Bonchev–Trinajstić information content (AvgIpc) is 2.46. The van der Waals surface area contributed by atoms with Crippen molar-refractivity contribution in [2.45, 2.75) is 13.0 Å². The van der Waals surface area contributed by atoms with Gasteiger partial charge in [0.05, 0.1) is 13.2 Å². The number of halogens is 1. The van der Waals surface area contributed by atoms with Gasteiger partial charge in [-0.3, -0.25) is 0 Å². The average molecular weight is 308 g/mol. The monoisotopic (exact) mass is 307 g/mol. The molecule has 0 radical (unpaired) electrons. The van der Waals surface area contributed by atoms with Gasteiger partial charge in [0.15, 0.2) is 0 Å². The largest absolute Gasteiger partial charge is 0.497 e. The van der Waals surface area contributed by atoms with Crippen LogP contribution in [0.2, 0.25) is 5.28 Å². The van der Waals surface area contributed by atoms with Gasteiger partial charge < -0.3 is 15.0 Å². The van der Waals surface area contributed by atoms with Crippen LogP contribution in [0.3, 0.4) is 0 Å². The molecule has 0 fully saturated rings. The molecule has 6 nitrogen and oxygen atoms in total. The van der Waals surface area contributed by atoms with Crippen LogP contribution in [0, 0.1) is 0 Å². The molecule has 0 saturated heterocycles. The Kier molecular flexibility index (Phi) is 4.80. The highest BCUT2D eigenvalue weighted by molar-refractivity contribution is 6.28. The summed E-state index contributed by atoms with van der Waals surface area (Å²) in [5.74, 6) is 1.78. The standard InChI is InChI=1S/C14H18ClN5O/c1-9(10-5-7-11(21-4)8-6-10)16-13-17-12(15)18-14(19-13)20(2)3/h5-9H,1-4H3,(H,16,17,18,19). The minimum absolute atomic E-state index is 0.0318. The Morgan fingerprint density at radius 2 is 1.81 bits per heavy atom. The topological polar surface area (TPSA) is 63.2 Å². The molecule has 1 aromatic heterocycles. The summed E-state index contributed by atoms with van der Waals surface area (Å²) >= 11 is 5.92. The van der Waals surface area contributed by atoms with Crippen molar-refractivity contribution < 1.29 is 4.74 Å². The second kappa shape index (κ2) is 6.58. The summed E-state index contributed by atoms with van der Waals surface area (Å²) in [6.45, 7) is 2.02. The van der Waals surface area contributed by atoms with Gasteiger partial charge >= 0.3 is 0 Å². The zero-order valence-electron chi connectivity index (χ0n) is 12.5. The van der Waals surface area contributed by atoms with Gasteiger partial charge in [-0.2, -0.15) is 15.0 Å². The number of hydrogen-bond acceptors (Lipinski definition) is 6. The van der Waals surface area contributed by atoms with E-state index in [1.54, 1.807) is 12.0 Å². The Balaban J connectivity index is 2.16. The fourth-order valence-corrected chi connectivity index (χ4v) is 1.93. The minimum atomic E-state index is 0.0318. The van der Waals surface area contributed by atoms with E-state index in [1.165, 1.54) is 0 Å². The predicted molar refractivity (Wildman–Crippen MR) is 84.2 cm³/mol. The van der Waals surface area contributed by atoms with E-state index in [2.05, 4.69) is 20.3 Å². The molecule has 0 saturated carbocycles. The number of aromatic nitrogens is 3. The maximum Gasteiger partial charge on any atom is 0.230 e. The van der Waals surface area contributed by atoms with E-state index in [-0.39, 0.29) is 11.3 Å². The van der Waals surface area contributed by atoms with Crippen LogP contribution in [0.1, 0.15) is 18.5 Å². The highest BCUT2D eigenvalue weighted by Gasteiger charge is 2.11. The third-order valence-corrected chi connectivity index (χ3v) is 3.13. The Morgan fingerprint density at radius 1 is 1.14 bits per heavy atom. The van der Waals surface area contributed by atoms with Gasteiger partial charge in [0.2, 0.25) is 17.2 Å². The predicted octanol–water partition coefficient (Wildman–Crippen LogP) is 2.77. The number of benzene rings is 1. The van der Waals surface area contributed by atoms with Gasteiger partial charge in [-0.1, -0.05) is 12.1 Å². The number of nitrogens with zero attached hydrogens (tertiary/aromatic N) is 4. The van der Waals surface area contributed by atoms with Crippen LogP contribution in [0.4, 0.5) is 11.9 Å². The van der Waals surface area contributed by atoms with Crippen LogP contribution < -0.4 is 15.0 Å². The summed E-state index contributed by atoms with van der Waals surface area (Å²) in [6.07, 6.45) is 0. The Labute approximate surface area is 129 Å². The molecule has 2 aromatic rings. The third kappa shape index (κ3) is 3.95. The van der Waals surface area contributed by atoms with Gasteiger partial charge in [-0.15, -0.1) is 0 Å². The number of hydrogen-bond donors (Lipinski definition) is 1. The van der Waals surface area contributed by atoms with Crippen LogP contribution in [0.5, 0.6) is 5.75 Å². The first-order valence-electron chi connectivity index (χ1n) is 6.49. The summed E-state index contributed by atoms with van der Waals surface area (Å²) in [6, 6.07) is 7.85. The number of rotatable bonds is 5. The van der Waals surface area contributed by atoms with E-state index in [4.69, 9.17) is 16.3 Å². The van der Waals surface area contributed by atoms with Crippen molar-refractivity contribution >= 4 is 23.5 Å². The lowest BCUT2D eigenvalue weighted by molar-refractivity contribution is 0.414. The van der Waals surface area contributed by atoms with Crippen molar-refractivity contribution in [2.75, 3.05) is 31.4 Å². The van der Waals surface area contributed by atoms with Crippen molar-refractivity contribution in [1.29, 1.82) is 0 Å². The highest BCUT2D eigenvalue weighted by Crippen LogP contribution is 2.21. The zero-order chi connectivity index (χ0) is 15.4. The van der Waals surface area contributed by atoms with E-state index in [0.29, 0.717) is 11.9 Å². The molecule has 2 rings (SSSR count). The Bertz CT molecular complexity index is 603. The van der Waals surface area contributed by atoms with Crippen LogP contribution in [0.15, 0.2) is 24.3 Å². The van der Waals surface area contributed by atoms with Crippen molar-refractivity contribution in [3.8, 4) is 5.75 Å². The summed E-state index contributed by atoms with van der Waals surface area (Å²) in [5.41, 5.74) is 1.10. The first-order valence-corrected chi connectivity index (χ1v) is 6.87. The minimum Gasteiger partial charge on any atom is -0.497 e. The van der Waals surface area contributed by atoms with E-state index < -0.39 is 0 Å². The summed E-state index contributed by atoms with van der Waals surface area (Å²) in [5, 5.41) is 3.38. The molecule has 1 atom stereocenters. The van der Waals surface area contributed by atoms with E-state index >= 15 is 0 Å². The second-order valence-corrected chi connectivity index (χ2v) is 5.10. The van der Waals surface area contributed by atoms with Crippen molar-refractivity contribution in [2.24, 2.45) is 0 Å². The van der Waals surface area contributed by atoms with Gasteiger partial charge in [0.1, 0.15) is 5.75 Å². The van der Waals surface area contributed by atoms with Gasteiger partial charge in [0.25, 0.3) is 0 Å². The number of ether oxygens (including phenoxy) is 1. The maximum atomic E-state index is 5.92. The molecular formula is C14H18ClN5O. The fourth-order valence-electron chi connectivity index (χ4n) is 1.77. The molecule has 1 N–H and O–H groups in total. The summed E-state index contributed by atoms with van der Waals surface area (Å²) in [4.78, 5) is 14.2. The highest BCUT2D eigenvalue weighted by atomic mass is 35.5. The molecule has 0 bridgehead atoms. The number of nitrogens with one attached hydrogen (secondary N) is 1. The molecule has 1 unspecified atom stereocenters. The van der Waals surface area contributed by atoms with Crippen LogP contribution in [-0.4, -0.2) is 36.2 Å². The lowest BCUT2D eigenvalue weighted by Crippen LogP contribution is -2.16.